The van der Waals surface area contributed by atoms with Crippen LogP contribution < -0.4 is 0 Å². The lowest BCUT2D eigenvalue weighted by Gasteiger charge is -2.25. The van der Waals surface area contributed by atoms with Gasteiger partial charge in [0.25, 0.3) is 0 Å². The predicted molar refractivity (Wildman–Crippen MR) is 290 cm³/mol. The first-order valence-corrected chi connectivity index (χ1v) is 23.0. The number of benzene rings is 7. The van der Waals surface area contributed by atoms with Gasteiger partial charge in [-0.2, -0.15) is 0 Å². The van der Waals surface area contributed by atoms with Crippen LogP contribution in [0.2, 0.25) is 0 Å². The summed E-state index contributed by atoms with van der Waals surface area (Å²) in [5.41, 5.74) is 16.7. The number of hydrogen-bond acceptors (Lipinski definition) is 1. The van der Waals surface area contributed by atoms with Crippen LogP contribution in [0.15, 0.2) is 250 Å². The molecular formula is C64H62N2. The molecule has 9 rings (SSSR count). The lowest BCUT2D eigenvalue weighted by Crippen LogP contribution is -2.00. The zero-order valence-electron chi connectivity index (χ0n) is 39.1. The van der Waals surface area contributed by atoms with Crippen LogP contribution in [0, 0.1) is 6.92 Å². The van der Waals surface area contributed by atoms with Crippen molar-refractivity contribution in [1.29, 1.82) is 0 Å². The van der Waals surface area contributed by atoms with Crippen molar-refractivity contribution in [3.8, 4) is 61.6 Å². The summed E-state index contributed by atoms with van der Waals surface area (Å²) in [6, 6.07) is 59.3. The van der Waals surface area contributed by atoms with E-state index in [9.17, 15) is 0 Å². The molecule has 0 atom stereocenters. The molecule has 0 radical (unpaired) electrons. The Bertz CT molecular complexity index is 2950. The van der Waals surface area contributed by atoms with E-state index >= 15 is 0 Å². The molecule has 0 spiro atoms. The number of nitrogens with zero attached hydrogens (tertiary/aromatic N) is 2. The van der Waals surface area contributed by atoms with E-state index in [-0.39, 0.29) is 0 Å². The second-order valence-electron chi connectivity index (χ2n) is 15.7. The Balaban J connectivity index is 0.000000493. The monoisotopic (exact) mass is 858 g/mol. The molecule has 0 fully saturated rings. The summed E-state index contributed by atoms with van der Waals surface area (Å²) in [7, 11) is 0. The lowest BCUT2D eigenvalue weighted by atomic mass is 9.78. The van der Waals surface area contributed by atoms with Crippen molar-refractivity contribution in [2.24, 2.45) is 0 Å². The van der Waals surface area contributed by atoms with Gasteiger partial charge in [0.15, 0.2) is 0 Å². The minimum atomic E-state index is 0.938. The molecule has 2 heteroatoms. The van der Waals surface area contributed by atoms with Gasteiger partial charge in [-0.15, -0.1) is 0 Å². The largest absolute Gasteiger partial charge is 0.300 e. The Labute approximate surface area is 394 Å². The van der Waals surface area contributed by atoms with Crippen molar-refractivity contribution in [3.63, 3.8) is 0 Å². The second kappa shape index (κ2) is 24.3. The fourth-order valence-electron chi connectivity index (χ4n) is 8.20. The number of fused-ring (bicyclic) bond motifs is 1. The number of hydrogen-bond donors (Lipinski definition) is 0. The van der Waals surface area contributed by atoms with E-state index in [0.717, 1.165) is 53.2 Å². The molecule has 1 aromatic heterocycles. The zero-order valence-corrected chi connectivity index (χ0v) is 39.1. The highest BCUT2D eigenvalue weighted by Crippen LogP contribution is 2.50. The van der Waals surface area contributed by atoms with E-state index in [1.165, 1.54) is 60.9 Å². The quantitative estimate of drug-likeness (QED) is 0.125. The van der Waals surface area contributed by atoms with Crippen molar-refractivity contribution in [1.82, 2.24) is 9.55 Å². The topological polar surface area (TPSA) is 17.8 Å². The van der Waals surface area contributed by atoms with Gasteiger partial charge < -0.3 is 0 Å². The average Bonchev–Trinajstić information content (AvgIpc) is 3.58. The van der Waals surface area contributed by atoms with E-state index in [1.807, 2.05) is 26.8 Å². The van der Waals surface area contributed by atoms with Gasteiger partial charge in [0, 0.05) is 17.4 Å². The second-order valence-corrected chi connectivity index (χ2v) is 15.7. The van der Waals surface area contributed by atoms with Crippen molar-refractivity contribution in [3.05, 3.63) is 262 Å². The van der Waals surface area contributed by atoms with E-state index in [4.69, 9.17) is 4.98 Å². The Morgan fingerprint density at radius 3 is 1.62 bits per heavy atom. The molecule has 2 nitrogen and oxygen atoms in total. The van der Waals surface area contributed by atoms with Crippen molar-refractivity contribution < 1.29 is 0 Å². The maximum atomic E-state index is 5.00. The first-order valence-electron chi connectivity index (χ1n) is 23.0. The molecule has 66 heavy (non-hydrogen) atoms. The standard InChI is InChI=1S/C51H40N2.C7H10.C4H6.C2H6/c1-36-35-53(44-29-16-7-17-30-44)51(52-36)43-28-18-27-41(33-43)42-31-32-45-46(34-42)48(38-21-12-5-13-22-38)50(40-25-14-6-15-26-40)49(39-23-8-2-3-9-24-39)47(45)37-19-10-4-11-20-37;1-4-6-7(3)5-2;1-3-4-2;1-2/h4-8,10-35H,2-3,9H2,1H3;4-6H,1-2H2,3H3;3-4H,1-2H2;1-2H3/b;7-6-;;. The summed E-state index contributed by atoms with van der Waals surface area (Å²) in [5.74, 6) is 0.938. The molecule has 1 aliphatic carbocycles. The smallest absolute Gasteiger partial charge is 0.144 e. The molecule has 0 amide bonds. The summed E-state index contributed by atoms with van der Waals surface area (Å²) in [6.45, 7) is 21.9. The summed E-state index contributed by atoms with van der Waals surface area (Å²) in [5, 5.41) is 2.49. The van der Waals surface area contributed by atoms with Crippen LogP contribution in [0.25, 0.3) is 77.9 Å². The molecule has 0 aliphatic heterocycles. The van der Waals surface area contributed by atoms with Crippen molar-refractivity contribution in [2.45, 2.75) is 47.0 Å². The van der Waals surface area contributed by atoms with Crippen LogP contribution in [0.3, 0.4) is 0 Å². The normalized spacial score (nSPS) is 11.8. The fraction of sp³-hybridized carbons (Fsp3) is 0.109. The van der Waals surface area contributed by atoms with Gasteiger partial charge in [-0.3, -0.25) is 4.57 Å². The minimum absolute atomic E-state index is 0.938. The Kier molecular flexibility index (Phi) is 17.6. The first-order chi connectivity index (χ1) is 32.4. The van der Waals surface area contributed by atoms with E-state index in [2.05, 4.69) is 226 Å². The molecule has 328 valence electrons. The molecule has 0 saturated heterocycles. The van der Waals surface area contributed by atoms with Gasteiger partial charge in [0.1, 0.15) is 5.82 Å². The van der Waals surface area contributed by atoms with Crippen molar-refractivity contribution in [2.75, 3.05) is 0 Å². The van der Waals surface area contributed by atoms with Crippen LogP contribution in [0.1, 0.15) is 51.3 Å². The van der Waals surface area contributed by atoms with Gasteiger partial charge in [-0.05, 0) is 124 Å². The Morgan fingerprint density at radius 2 is 1.06 bits per heavy atom. The van der Waals surface area contributed by atoms with Gasteiger partial charge in [0.2, 0.25) is 0 Å². The predicted octanol–water partition coefficient (Wildman–Crippen LogP) is 18.5. The van der Waals surface area contributed by atoms with Crippen LogP contribution in [0.5, 0.6) is 0 Å². The van der Waals surface area contributed by atoms with Crippen LogP contribution >= 0.6 is 0 Å². The molecule has 0 unspecified atom stereocenters. The first kappa shape index (κ1) is 47.7. The van der Waals surface area contributed by atoms with E-state index in [0.29, 0.717) is 0 Å². The Morgan fingerprint density at radius 1 is 0.530 bits per heavy atom. The molecule has 0 N–H and O–H groups in total. The number of para-hydroxylation sites is 1. The molecule has 7 aromatic carbocycles. The van der Waals surface area contributed by atoms with Gasteiger partial charge in [0.05, 0.1) is 5.69 Å². The molecule has 8 aromatic rings. The van der Waals surface area contributed by atoms with Crippen LogP contribution in [0.4, 0.5) is 0 Å². The van der Waals surface area contributed by atoms with E-state index < -0.39 is 0 Å². The Hall–Kier alpha value is -7.81. The third-order valence-electron chi connectivity index (χ3n) is 11.2. The third kappa shape index (κ3) is 11.5. The number of rotatable bonds is 10. The highest BCUT2D eigenvalue weighted by atomic mass is 15.1. The van der Waals surface area contributed by atoms with Gasteiger partial charge >= 0.3 is 0 Å². The molecule has 0 saturated carbocycles. The van der Waals surface area contributed by atoms with Gasteiger partial charge in [-0.25, -0.2) is 4.98 Å². The van der Waals surface area contributed by atoms with E-state index in [1.54, 1.807) is 24.3 Å². The summed E-state index contributed by atoms with van der Waals surface area (Å²) in [4.78, 5) is 5.00. The fourth-order valence-corrected chi connectivity index (χ4v) is 8.20. The van der Waals surface area contributed by atoms with Gasteiger partial charge in [-0.1, -0.05) is 234 Å². The average molecular weight is 859 g/mol. The molecule has 1 heterocycles. The molecular weight excluding hydrogens is 797 g/mol. The number of imidazole rings is 1. The lowest BCUT2D eigenvalue weighted by molar-refractivity contribution is 0.876. The summed E-state index contributed by atoms with van der Waals surface area (Å²) in [6.07, 6.45) is 21.3. The molecule has 1 aliphatic rings. The van der Waals surface area contributed by atoms with Crippen LogP contribution in [-0.4, -0.2) is 9.55 Å². The SMILES string of the molecule is C=C/C=C(/C)C=C.C=CC=C.CC.Cc1cn(-c2ccccc2)c(-c2cccc(-c3ccc4c(-c5ccccc5)c(C5=CCCCC=C5)c(-c5ccccc5)c(-c5ccccc5)c4c3)c2)n1. The highest BCUT2D eigenvalue weighted by molar-refractivity contribution is 6.17. The highest BCUT2D eigenvalue weighted by Gasteiger charge is 2.25. The number of aromatic nitrogens is 2. The zero-order chi connectivity index (χ0) is 46.7. The minimum Gasteiger partial charge on any atom is -0.300 e. The van der Waals surface area contributed by atoms with Crippen molar-refractivity contribution >= 4 is 16.3 Å². The maximum absolute atomic E-state index is 5.00. The summed E-state index contributed by atoms with van der Waals surface area (Å²) < 4.78 is 2.19. The number of aryl methyl sites for hydroxylation is 1. The van der Waals surface area contributed by atoms with Crippen LogP contribution in [-0.2, 0) is 0 Å². The molecule has 0 bridgehead atoms. The maximum Gasteiger partial charge on any atom is 0.144 e. The number of allylic oxidation sites excluding steroid dienone is 10. The third-order valence-corrected chi connectivity index (χ3v) is 11.2. The summed E-state index contributed by atoms with van der Waals surface area (Å²) >= 11 is 0.